The van der Waals surface area contributed by atoms with Gasteiger partial charge < -0.3 is 4.57 Å². The molecule has 0 amide bonds. The van der Waals surface area contributed by atoms with E-state index in [4.69, 9.17) is 0 Å². The first-order chi connectivity index (χ1) is 6.79. The Hall–Kier alpha value is -1.57. The van der Waals surface area contributed by atoms with Gasteiger partial charge in [0.1, 0.15) is 5.82 Å². The van der Waals surface area contributed by atoms with E-state index in [1.54, 1.807) is 0 Å². The molecule has 0 bridgehead atoms. The lowest BCUT2D eigenvalue weighted by atomic mass is 10.1. The quantitative estimate of drug-likeness (QED) is 0.705. The zero-order chi connectivity index (χ0) is 9.97. The first kappa shape index (κ1) is 9.00. The molecule has 0 aliphatic heterocycles. The van der Waals surface area contributed by atoms with Crippen molar-refractivity contribution in [2.45, 2.75) is 19.8 Å². The summed E-state index contributed by atoms with van der Waals surface area (Å²) in [5.74, 6) is 1.51. The topological polar surface area (TPSA) is 17.8 Å². The molecule has 72 valence electrons. The van der Waals surface area contributed by atoms with Gasteiger partial charge >= 0.3 is 0 Å². The van der Waals surface area contributed by atoms with Gasteiger partial charge in [0, 0.05) is 18.1 Å². The highest BCUT2D eigenvalue weighted by molar-refractivity contribution is 5.28. The van der Waals surface area contributed by atoms with Crippen molar-refractivity contribution in [1.29, 1.82) is 0 Å². The first-order valence-electron chi connectivity index (χ1n) is 4.87. The third-order valence-corrected chi connectivity index (χ3v) is 2.27. The van der Waals surface area contributed by atoms with Crippen LogP contribution in [0.2, 0.25) is 0 Å². The van der Waals surface area contributed by atoms with Crippen LogP contribution in [-0.4, -0.2) is 9.55 Å². The highest BCUT2D eigenvalue weighted by atomic mass is 15.1. The summed E-state index contributed by atoms with van der Waals surface area (Å²) >= 11 is 0. The van der Waals surface area contributed by atoms with Gasteiger partial charge in [0.25, 0.3) is 0 Å². The summed E-state index contributed by atoms with van der Waals surface area (Å²) < 4.78 is 2.13. The standard InChI is InChI=1S/C12H14N2/c1-10(2)11-6-5-9-14(11)12-7-3-4-8-13-12/h3-10H,1-2H3. The largest absolute Gasteiger partial charge is 0.305 e. The maximum Gasteiger partial charge on any atom is 0.136 e. The van der Waals surface area contributed by atoms with Crippen LogP contribution in [0.25, 0.3) is 5.82 Å². The normalized spacial score (nSPS) is 10.8. The second kappa shape index (κ2) is 3.66. The maximum absolute atomic E-state index is 4.33. The lowest BCUT2D eigenvalue weighted by molar-refractivity contribution is 0.777. The number of hydrogen-bond donors (Lipinski definition) is 0. The predicted octanol–water partition coefficient (Wildman–Crippen LogP) is 3.00. The van der Waals surface area contributed by atoms with E-state index in [0.717, 1.165) is 5.82 Å². The Kier molecular flexibility index (Phi) is 2.35. The second-order valence-electron chi connectivity index (χ2n) is 3.65. The molecule has 0 unspecified atom stereocenters. The van der Waals surface area contributed by atoms with Crippen LogP contribution in [0.3, 0.4) is 0 Å². The van der Waals surface area contributed by atoms with Crippen LogP contribution < -0.4 is 0 Å². The van der Waals surface area contributed by atoms with E-state index in [9.17, 15) is 0 Å². The Labute approximate surface area is 84.2 Å². The molecule has 2 aromatic heterocycles. The van der Waals surface area contributed by atoms with Crippen LogP contribution in [0.1, 0.15) is 25.5 Å². The minimum atomic E-state index is 0.520. The first-order valence-corrected chi connectivity index (χ1v) is 4.87. The summed E-state index contributed by atoms with van der Waals surface area (Å²) in [7, 11) is 0. The van der Waals surface area contributed by atoms with E-state index >= 15 is 0 Å². The molecule has 0 saturated carbocycles. The Morgan fingerprint density at radius 2 is 2.00 bits per heavy atom. The van der Waals surface area contributed by atoms with Crippen molar-refractivity contribution in [3.05, 3.63) is 48.4 Å². The van der Waals surface area contributed by atoms with E-state index in [0.29, 0.717) is 5.92 Å². The highest BCUT2D eigenvalue weighted by Gasteiger charge is 2.06. The molecule has 0 fully saturated rings. The van der Waals surface area contributed by atoms with Crippen LogP contribution in [-0.2, 0) is 0 Å². The van der Waals surface area contributed by atoms with E-state index in [1.165, 1.54) is 5.69 Å². The monoisotopic (exact) mass is 186 g/mol. The molecule has 2 heteroatoms. The summed E-state index contributed by atoms with van der Waals surface area (Å²) in [5, 5.41) is 0. The second-order valence-corrected chi connectivity index (χ2v) is 3.65. The molecule has 2 rings (SSSR count). The van der Waals surface area contributed by atoms with Gasteiger partial charge in [0.15, 0.2) is 0 Å². The molecule has 0 saturated heterocycles. The molecule has 0 spiro atoms. The van der Waals surface area contributed by atoms with Crippen molar-refractivity contribution in [3.63, 3.8) is 0 Å². The van der Waals surface area contributed by atoms with E-state index in [2.05, 4.69) is 41.7 Å². The van der Waals surface area contributed by atoms with Crippen LogP contribution in [0.4, 0.5) is 0 Å². The summed E-state index contributed by atoms with van der Waals surface area (Å²) in [6.45, 7) is 4.38. The van der Waals surface area contributed by atoms with Crippen LogP contribution >= 0.6 is 0 Å². The molecular weight excluding hydrogens is 172 g/mol. The van der Waals surface area contributed by atoms with E-state index in [-0.39, 0.29) is 0 Å². The summed E-state index contributed by atoms with van der Waals surface area (Å²) in [5.41, 5.74) is 1.30. The van der Waals surface area contributed by atoms with Crippen molar-refractivity contribution in [1.82, 2.24) is 9.55 Å². The van der Waals surface area contributed by atoms with Gasteiger partial charge in [0.2, 0.25) is 0 Å². The molecule has 2 heterocycles. The zero-order valence-corrected chi connectivity index (χ0v) is 8.51. The molecule has 0 aliphatic rings. The van der Waals surface area contributed by atoms with Gasteiger partial charge in [-0.15, -0.1) is 0 Å². The van der Waals surface area contributed by atoms with E-state index in [1.807, 2.05) is 24.4 Å². The smallest absolute Gasteiger partial charge is 0.136 e. The Morgan fingerprint density at radius 1 is 1.14 bits per heavy atom. The fourth-order valence-electron chi connectivity index (χ4n) is 1.57. The average molecular weight is 186 g/mol. The summed E-state index contributed by atoms with van der Waals surface area (Å²) in [6, 6.07) is 10.2. The van der Waals surface area contributed by atoms with Crippen LogP contribution in [0.15, 0.2) is 42.7 Å². The van der Waals surface area contributed by atoms with Gasteiger partial charge in [-0.1, -0.05) is 19.9 Å². The Morgan fingerprint density at radius 3 is 2.64 bits per heavy atom. The molecule has 2 aromatic rings. The third kappa shape index (κ3) is 1.55. The Balaban J connectivity index is 2.47. The molecule has 14 heavy (non-hydrogen) atoms. The minimum Gasteiger partial charge on any atom is -0.305 e. The van der Waals surface area contributed by atoms with Crippen LogP contribution in [0.5, 0.6) is 0 Å². The Bertz CT molecular complexity index is 401. The van der Waals surface area contributed by atoms with Gasteiger partial charge in [-0.25, -0.2) is 4.98 Å². The van der Waals surface area contributed by atoms with Crippen molar-refractivity contribution in [2.24, 2.45) is 0 Å². The van der Waals surface area contributed by atoms with Crippen LogP contribution in [0, 0.1) is 0 Å². The number of pyridine rings is 1. The summed E-state index contributed by atoms with van der Waals surface area (Å²) in [6.07, 6.45) is 3.87. The van der Waals surface area contributed by atoms with Crippen molar-refractivity contribution < 1.29 is 0 Å². The van der Waals surface area contributed by atoms with E-state index < -0.39 is 0 Å². The van der Waals surface area contributed by atoms with Crippen molar-refractivity contribution in [2.75, 3.05) is 0 Å². The van der Waals surface area contributed by atoms with Gasteiger partial charge in [-0.2, -0.15) is 0 Å². The number of nitrogens with zero attached hydrogens (tertiary/aromatic N) is 2. The molecule has 2 nitrogen and oxygen atoms in total. The number of aromatic nitrogens is 2. The predicted molar refractivity (Wildman–Crippen MR) is 57.7 cm³/mol. The lowest BCUT2D eigenvalue weighted by Crippen LogP contribution is -2.01. The third-order valence-electron chi connectivity index (χ3n) is 2.27. The number of rotatable bonds is 2. The maximum atomic E-state index is 4.33. The summed E-state index contributed by atoms with van der Waals surface area (Å²) in [4.78, 5) is 4.33. The SMILES string of the molecule is CC(C)c1cccn1-c1ccccn1. The average Bonchev–Trinajstić information content (AvgIpc) is 2.67. The molecular formula is C12H14N2. The van der Waals surface area contributed by atoms with Gasteiger partial charge in [-0.05, 0) is 30.2 Å². The van der Waals surface area contributed by atoms with Gasteiger partial charge in [-0.3, -0.25) is 0 Å². The highest BCUT2D eigenvalue weighted by Crippen LogP contribution is 2.18. The fraction of sp³-hybridized carbons (Fsp3) is 0.250. The van der Waals surface area contributed by atoms with Gasteiger partial charge in [0.05, 0.1) is 0 Å². The molecule has 0 aromatic carbocycles. The lowest BCUT2D eigenvalue weighted by Gasteiger charge is -2.10. The molecule has 0 aliphatic carbocycles. The minimum absolute atomic E-state index is 0.520. The number of hydrogen-bond acceptors (Lipinski definition) is 1. The molecule has 0 N–H and O–H groups in total. The zero-order valence-electron chi connectivity index (χ0n) is 8.51. The fourth-order valence-corrected chi connectivity index (χ4v) is 1.57. The molecule has 0 radical (unpaired) electrons. The van der Waals surface area contributed by atoms with Crippen molar-refractivity contribution >= 4 is 0 Å². The molecule has 0 atom stereocenters. The van der Waals surface area contributed by atoms with Crippen molar-refractivity contribution in [3.8, 4) is 5.82 Å².